The Bertz CT molecular complexity index is 176. The molecule has 0 amide bonds. The van der Waals surface area contributed by atoms with Crippen LogP contribution in [0.15, 0.2) is 0 Å². The highest BCUT2D eigenvalue weighted by atomic mass is 15.1. The van der Waals surface area contributed by atoms with E-state index in [0.717, 1.165) is 12.1 Å². The van der Waals surface area contributed by atoms with Crippen molar-refractivity contribution in [3.8, 4) is 0 Å². The van der Waals surface area contributed by atoms with Gasteiger partial charge in [-0.2, -0.15) is 0 Å². The molecule has 0 aliphatic carbocycles. The van der Waals surface area contributed by atoms with Crippen LogP contribution in [-0.4, -0.2) is 36.6 Å². The first-order chi connectivity index (χ1) is 8.27. The topological polar surface area (TPSA) is 15.3 Å². The van der Waals surface area contributed by atoms with Crippen LogP contribution in [0.5, 0.6) is 0 Å². The smallest absolute Gasteiger partial charge is 0.00680 e. The second-order valence-electron chi connectivity index (χ2n) is 5.58. The van der Waals surface area contributed by atoms with Crippen molar-refractivity contribution in [3.63, 3.8) is 0 Å². The summed E-state index contributed by atoms with van der Waals surface area (Å²) < 4.78 is 0. The molecule has 0 aromatic heterocycles. The Morgan fingerprint density at radius 3 is 2.59 bits per heavy atom. The van der Waals surface area contributed by atoms with Crippen molar-refractivity contribution in [2.45, 2.75) is 77.8 Å². The molecule has 0 spiro atoms. The number of hydrogen-bond acceptors (Lipinski definition) is 2. The summed E-state index contributed by atoms with van der Waals surface area (Å²) in [5, 5.41) is 3.60. The third-order valence-corrected chi connectivity index (χ3v) is 4.17. The second-order valence-corrected chi connectivity index (χ2v) is 5.58. The highest BCUT2D eigenvalue weighted by Crippen LogP contribution is 2.13. The summed E-state index contributed by atoms with van der Waals surface area (Å²) in [6.07, 6.45) is 9.48. The van der Waals surface area contributed by atoms with Crippen LogP contribution in [0.1, 0.15) is 65.7 Å². The van der Waals surface area contributed by atoms with Crippen LogP contribution < -0.4 is 5.32 Å². The Balaban J connectivity index is 2.17. The van der Waals surface area contributed by atoms with Crippen molar-refractivity contribution >= 4 is 0 Å². The fourth-order valence-corrected chi connectivity index (χ4v) is 2.72. The summed E-state index contributed by atoms with van der Waals surface area (Å²) in [4.78, 5) is 2.69. The minimum atomic E-state index is 0.762. The largest absolute Gasteiger partial charge is 0.314 e. The number of nitrogens with zero attached hydrogens (tertiary/aromatic N) is 1. The van der Waals surface area contributed by atoms with Gasteiger partial charge in [0.1, 0.15) is 0 Å². The molecular formula is C15H32N2. The Morgan fingerprint density at radius 2 is 2.00 bits per heavy atom. The predicted octanol–water partition coefficient (Wildman–Crippen LogP) is 3.42. The summed E-state index contributed by atoms with van der Waals surface area (Å²) in [5.74, 6) is 0. The maximum Gasteiger partial charge on any atom is 0.00680 e. The molecule has 2 nitrogen and oxygen atoms in total. The van der Waals surface area contributed by atoms with Gasteiger partial charge in [-0.15, -0.1) is 0 Å². The molecule has 1 fully saturated rings. The number of rotatable bonds is 9. The van der Waals surface area contributed by atoms with Crippen molar-refractivity contribution in [3.05, 3.63) is 0 Å². The first-order valence-electron chi connectivity index (χ1n) is 7.75. The zero-order chi connectivity index (χ0) is 12.5. The second kappa shape index (κ2) is 8.93. The van der Waals surface area contributed by atoms with Gasteiger partial charge < -0.3 is 10.2 Å². The van der Waals surface area contributed by atoms with Crippen molar-refractivity contribution < 1.29 is 0 Å². The first-order valence-corrected chi connectivity index (χ1v) is 7.75. The normalized spacial score (nSPS) is 22.2. The molecule has 0 bridgehead atoms. The van der Waals surface area contributed by atoms with E-state index in [9.17, 15) is 0 Å². The van der Waals surface area contributed by atoms with E-state index in [-0.39, 0.29) is 0 Å². The van der Waals surface area contributed by atoms with Gasteiger partial charge in [0, 0.05) is 12.1 Å². The molecule has 1 saturated heterocycles. The van der Waals surface area contributed by atoms with Crippen LogP contribution in [0, 0.1) is 0 Å². The monoisotopic (exact) mass is 240 g/mol. The van der Waals surface area contributed by atoms with Gasteiger partial charge in [-0.25, -0.2) is 0 Å². The van der Waals surface area contributed by atoms with Crippen LogP contribution in [0.3, 0.4) is 0 Å². The molecule has 2 unspecified atom stereocenters. The third kappa shape index (κ3) is 5.87. The minimum absolute atomic E-state index is 0.762. The standard InChI is InChI=1S/C15H32N2/c1-4-6-12-17(14(3)5-2)13-8-10-15-9-7-11-16-15/h14-16H,4-13H2,1-3H3. The average Bonchev–Trinajstić information content (AvgIpc) is 2.85. The van der Waals surface area contributed by atoms with Gasteiger partial charge in [0.2, 0.25) is 0 Å². The van der Waals surface area contributed by atoms with E-state index in [1.165, 1.54) is 64.6 Å². The van der Waals surface area contributed by atoms with Crippen LogP contribution in [0.2, 0.25) is 0 Å². The van der Waals surface area contributed by atoms with E-state index >= 15 is 0 Å². The zero-order valence-electron chi connectivity index (χ0n) is 12.2. The van der Waals surface area contributed by atoms with Gasteiger partial charge in [0.25, 0.3) is 0 Å². The van der Waals surface area contributed by atoms with Crippen LogP contribution in [0.4, 0.5) is 0 Å². The molecule has 1 aliphatic rings. The number of unbranched alkanes of at least 4 members (excludes halogenated alkanes) is 1. The molecule has 2 heteroatoms. The first kappa shape index (κ1) is 15.0. The number of hydrogen-bond donors (Lipinski definition) is 1. The Morgan fingerprint density at radius 1 is 1.24 bits per heavy atom. The molecule has 0 radical (unpaired) electrons. The van der Waals surface area contributed by atoms with Crippen molar-refractivity contribution in [1.82, 2.24) is 10.2 Å². The SMILES string of the molecule is CCCCN(CCCC1CCCN1)C(C)CC. The molecule has 1 aliphatic heterocycles. The van der Waals surface area contributed by atoms with Crippen molar-refractivity contribution in [1.29, 1.82) is 0 Å². The zero-order valence-corrected chi connectivity index (χ0v) is 12.2. The van der Waals surface area contributed by atoms with Gasteiger partial charge in [-0.05, 0) is 65.1 Å². The molecule has 102 valence electrons. The average molecular weight is 240 g/mol. The predicted molar refractivity (Wildman–Crippen MR) is 76.5 cm³/mol. The summed E-state index contributed by atoms with van der Waals surface area (Å²) in [7, 11) is 0. The minimum Gasteiger partial charge on any atom is -0.314 e. The summed E-state index contributed by atoms with van der Waals surface area (Å²) >= 11 is 0. The Labute approximate surface area is 108 Å². The molecule has 1 heterocycles. The van der Waals surface area contributed by atoms with E-state index in [1.807, 2.05) is 0 Å². The maximum absolute atomic E-state index is 3.60. The summed E-state index contributed by atoms with van der Waals surface area (Å²) in [6, 6.07) is 1.58. The van der Waals surface area contributed by atoms with Crippen molar-refractivity contribution in [2.24, 2.45) is 0 Å². The number of nitrogens with one attached hydrogen (secondary N) is 1. The molecule has 2 atom stereocenters. The highest BCUT2D eigenvalue weighted by Gasteiger charge is 2.15. The molecule has 0 aromatic carbocycles. The molecule has 0 saturated carbocycles. The Hall–Kier alpha value is -0.0800. The van der Waals surface area contributed by atoms with Gasteiger partial charge >= 0.3 is 0 Å². The molecular weight excluding hydrogens is 208 g/mol. The maximum atomic E-state index is 3.60. The molecule has 1 rings (SSSR count). The van der Waals surface area contributed by atoms with E-state index < -0.39 is 0 Å². The van der Waals surface area contributed by atoms with E-state index in [2.05, 4.69) is 31.0 Å². The highest BCUT2D eigenvalue weighted by molar-refractivity contribution is 4.75. The lowest BCUT2D eigenvalue weighted by atomic mass is 10.1. The van der Waals surface area contributed by atoms with Crippen molar-refractivity contribution in [2.75, 3.05) is 19.6 Å². The molecule has 1 N–H and O–H groups in total. The van der Waals surface area contributed by atoms with Crippen LogP contribution in [-0.2, 0) is 0 Å². The van der Waals surface area contributed by atoms with Gasteiger partial charge in [0.15, 0.2) is 0 Å². The lowest BCUT2D eigenvalue weighted by molar-refractivity contribution is 0.195. The molecule has 0 aromatic rings. The summed E-state index contributed by atoms with van der Waals surface area (Å²) in [6.45, 7) is 10.8. The van der Waals surface area contributed by atoms with E-state index in [0.29, 0.717) is 0 Å². The Kier molecular flexibility index (Phi) is 7.87. The van der Waals surface area contributed by atoms with Gasteiger partial charge in [0.05, 0.1) is 0 Å². The van der Waals surface area contributed by atoms with Gasteiger partial charge in [-0.3, -0.25) is 0 Å². The lowest BCUT2D eigenvalue weighted by Crippen LogP contribution is -2.35. The van der Waals surface area contributed by atoms with E-state index in [1.54, 1.807) is 0 Å². The quantitative estimate of drug-likeness (QED) is 0.664. The fourth-order valence-electron chi connectivity index (χ4n) is 2.72. The molecule has 17 heavy (non-hydrogen) atoms. The van der Waals surface area contributed by atoms with Gasteiger partial charge in [-0.1, -0.05) is 20.3 Å². The summed E-state index contributed by atoms with van der Waals surface area (Å²) in [5.41, 5.74) is 0. The van der Waals surface area contributed by atoms with E-state index in [4.69, 9.17) is 0 Å². The fraction of sp³-hybridized carbons (Fsp3) is 1.00. The lowest BCUT2D eigenvalue weighted by Gasteiger charge is -2.28. The van der Waals surface area contributed by atoms with Crippen LogP contribution >= 0.6 is 0 Å². The van der Waals surface area contributed by atoms with Crippen LogP contribution in [0.25, 0.3) is 0 Å². The third-order valence-electron chi connectivity index (χ3n) is 4.17.